The number of non-ortho nitro benzene ring substituents is 1. The molecule has 10 heteroatoms. The normalized spacial score (nSPS) is 11.2. The summed E-state index contributed by atoms with van der Waals surface area (Å²) in [5.74, 6) is -1.76. The van der Waals surface area contributed by atoms with E-state index in [9.17, 15) is 24.5 Å². The van der Waals surface area contributed by atoms with Crippen LogP contribution in [0.5, 0.6) is 5.75 Å². The van der Waals surface area contributed by atoms with E-state index in [2.05, 4.69) is 5.32 Å². The lowest BCUT2D eigenvalue weighted by Gasteiger charge is -2.12. The van der Waals surface area contributed by atoms with Gasteiger partial charge < -0.3 is 14.8 Å². The Morgan fingerprint density at radius 1 is 1.32 bits per heavy atom. The van der Waals surface area contributed by atoms with E-state index in [0.29, 0.717) is 6.42 Å². The van der Waals surface area contributed by atoms with Crippen LogP contribution in [0.4, 0.5) is 10.5 Å². The molecule has 0 fully saturated rings. The number of benzene rings is 1. The van der Waals surface area contributed by atoms with Crippen LogP contribution in [0.3, 0.4) is 0 Å². The molecule has 1 atom stereocenters. The standard InChI is InChI=1S/C15H19N3O7/c1-4-9(2)16-15(21)17-13(19)8-25-14(20)11-7-10(18(22)23)5-6-12(11)24-3/h5-7,9H,4,8H2,1-3H3,(H2,16,17,19,21)/t9-/m0/s1. The lowest BCUT2D eigenvalue weighted by molar-refractivity contribution is -0.384. The minimum absolute atomic E-state index is 0.0607. The smallest absolute Gasteiger partial charge is 0.342 e. The summed E-state index contributed by atoms with van der Waals surface area (Å²) in [6.07, 6.45) is 0.684. The molecule has 1 aromatic carbocycles. The van der Waals surface area contributed by atoms with Gasteiger partial charge in [0.25, 0.3) is 11.6 Å². The number of hydrogen-bond donors (Lipinski definition) is 2. The number of nitro benzene ring substituents is 1. The third kappa shape index (κ3) is 6.09. The van der Waals surface area contributed by atoms with E-state index in [1.165, 1.54) is 19.2 Å². The number of nitro groups is 1. The predicted molar refractivity (Wildman–Crippen MR) is 86.4 cm³/mol. The third-order valence-corrected chi connectivity index (χ3v) is 3.19. The fourth-order valence-corrected chi connectivity index (χ4v) is 1.70. The molecule has 1 aromatic rings. The number of nitrogens with zero attached hydrogens (tertiary/aromatic N) is 1. The van der Waals surface area contributed by atoms with E-state index in [1.54, 1.807) is 6.92 Å². The van der Waals surface area contributed by atoms with Crippen LogP contribution in [0.2, 0.25) is 0 Å². The Bertz CT molecular complexity index is 675. The van der Waals surface area contributed by atoms with Gasteiger partial charge in [-0.1, -0.05) is 6.92 Å². The predicted octanol–water partition coefficient (Wildman–Crippen LogP) is 1.38. The van der Waals surface area contributed by atoms with Gasteiger partial charge in [-0.15, -0.1) is 0 Å². The summed E-state index contributed by atoms with van der Waals surface area (Å²) < 4.78 is 9.71. The molecule has 0 bridgehead atoms. The topological polar surface area (TPSA) is 137 Å². The molecular formula is C15H19N3O7. The summed E-state index contributed by atoms with van der Waals surface area (Å²) in [6, 6.07) is 2.57. The van der Waals surface area contributed by atoms with Gasteiger partial charge >= 0.3 is 12.0 Å². The molecule has 0 saturated carbocycles. The highest BCUT2D eigenvalue weighted by Gasteiger charge is 2.20. The number of rotatable bonds is 7. The second-order valence-electron chi connectivity index (χ2n) is 5.05. The first-order chi connectivity index (χ1) is 11.8. The van der Waals surface area contributed by atoms with Crippen molar-refractivity contribution in [3.05, 3.63) is 33.9 Å². The van der Waals surface area contributed by atoms with E-state index < -0.39 is 29.4 Å². The first-order valence-electron chi connectivity index (χ1n) is 7.38. The van der Waals surface area contributed by atoms with Gasteiger partial charge in [-0.2, -0.15) is 0 Å². The first-order valence-corrected chi connectivity index (χ1v) is 7.38. The van der Waals surface area contributed by atoms with Gasteiger partial charge in [0.05, 0.1) is 12.0 Å². The van der Waals surface area contributed by atoms with Crippen molar-refractivity contribution in [3.8, 4) is 5.75 Å². The van der Waals surface area contributed by atoms with Crippen LogP contribution < -0.4 is 15.4 Å². The monoisotopic (exact) mass is 353 g/mol. The van der Waals surface area contributed by atoms with E-state index in [1.807, 2.05) is 12.2 Å². The molecule has 0 saturated heterocycles. The van der Waals surface area contributed by atoms with Gasteiger partial charge in [-0.25, -0.2) is 9.59 Å². The van der Waals surface area contributed by atoms with Crippen molar-refractivity contribution in [3.63, 3.8) is 0 Å². The first kappa shape index (κ1) is 19.9. The largest absolute Gasteiger partial charge is 0.496 e. The van der Waals surface area contributed by atoms with E-state index in [0.717, 1.165) is 6.07 Å². The molecule has 0 unspecified atom stereocenters. The highest BCUT2D eigenvalue weighted by molar-refractivity contribution is 5.98. The summed E-state index contributed by atoms with van der Waals surface area (Å²) in [7, 11) is 1.28. The number of amides is 3. The van der Waals surface area contributed by atoms with Crippen molar-refractivity contribution < 1.29 is 28.8 Å². The molecule has 0 spiro atoms. The lowest BCUT2D eigenvalue weighted by atomic mass is 10.2. The molecule has 0 radical (unpaired) electrons. The van der Waals surface area contributed by atoms with Crippen LogP contribution in [-0.2, 0) is 9.53 Å². The molecule has 0 heterocycles. The molecule has 136 valence electrons. The molecule has 1 rings (SSSR count). The summed E-state index contributed by atoms with van der Waals surface area (Å²) in [5, 5.41) is 15.3. The number of carbonyl (C=O) groups is 3. The molecule has 0 aliphatic rings. The number of urea groups is 1. The maximum atomic E-state index is 12.0. The Morgan fingerprint density at radius 2 is 2.00 bits per heavy atom. The average Bonchev–Trinajstić information content (AvgIpc) is 2.58. The molecule has 3 amide bonds. The van der Waals surface area contributed by atoms with Crippen LogP contribution in [0.15, 0.2) is 18.2 Å². The highest BCUT2D eigenvalue weighted by atomic mass is 16.6. The molecule has 2 N–H and O–H groups in total. The highest BCUT2D eigenvalue weighted by Crippen LogP contribution is 2.24. The van der Waals surface area contributed by atoms with Crippen LogP contribution >= 0.6 is 0 Å². The summed E-state index contributed by atoms with van der Waals surface area (Å²) in [4.78, 5) is 45.2. The molecule has 0 aromatic heterocycles. The summed E-state index contributed by atoms with van der Waals surface area (Å²) >= 11 is 0. The maximum Gasteiger partial charge on any atom is 0.342 e. The molecule has 25 heavy (non-hydrogen) atoms. The number of carbonyl (C=O) groups excluding carboxylic acids is 3. The van der Waals surface area contributed by atoms with Crippen molar-refractivity contribution in [1.82, 2.24) is 10.6 Å². The average molecular weight is 353 g/mol. The second-order valence-corrected chi connectivity index (χ2v) is 5.05. The minimum atomic E-state index is -0.988. The fraction of sp³-hybridized carbons (Fsp3) is 0.400. The zero-order valence-electron chi connectivity index (χ0n) is 14.0. The van der Waals surface area contributed by atoms with Gasteiger partial charge in [0.1, 0.15) is 11.3 Å². The third-order valence-electron chi connectivity index (χ3n) is 3.19. The van der Waals surface area contributed by atoms with Crippen LogP contribution in [0.1, 0.15) is 30.6 Å². The number of hydrogen-bond acceptors (Lipinski definition) is 7. The molecule has 10 nitrogen and oxygen atoms in total. The fourth-order valence-electron chi connectivity index (χ4n) is 1.70. The number of methoxy groups -OCH3 is 1. The van der Waals surface area contributed by atoms with Gasteiger partial charge in [0.2, 0.25) is 0 Å². The van der Waals surface area contributed by atoms with Crippen molar-refractivity contribution in [2.24, 2.45) is 0 Å². The van der Waals surface area contributed by atoms with Crippen LogP contribution in [0.25, 0.3) is 0 Å². The molecular weight excluding hydrogens is 334 g/mol. The molecule has 0 aliphatic heterocycles. The van der Waals surface area contributed by atoms with E-state index in [4.69, 9.17) is 9.47 Å². The minimum Gasteiger partial charge on any atom is -0.496 e. The van der Waals surface area contributed by atoms with Gasteiger partial charge in [-0.05, 0) is 19.4 Å². The van der Waals surface area contributed by atoms with Gasteiger partial charge in [0, 0.05) is 18.2 Å². The van der Waals surface area contributed by atoms with Crippen molar-refractivity contribution in [2.45, 2.75) is 26.3 Å². The maximum absolute atomic E-state index is 12.0. The zero-order valence-corrected chi connectivity index (χ0v) is 14.0. The SMILES string of the molecule is CC[C@H](C)NC(=O)NC(=O)COC(=O)c1cc([N+](=O)[O-])ccc1OC. The van der Waals surface area contributed by atoms with E-state index in [-0.39, 0.29) is 23.0 Å². The van der Waals surface area contributed by atoms with Crippen molar-refractivity contribution in [2.75, 3.05) is 13.7 Å². The van der Waals surface area contributed by atoms with Gasteiger partial charge in [0.15, 0.2) is 6.61 Å². The number of esters is 1. The number of ether oxygens (including phenoxy) is 2. The Morgan fingerprint density at radius 3 is 2.56 bits per heavy atom. The quantitative estimate of drug-likeness (QED) is 0.429. The second kappa shape index (κ2) is 9.21. The van der Waals surface area contributed by atoms with Gasteiger partial charge in [-0.3, -0.25) is 20.2 Å². The Labute approximate surface area is 143 Å². The number of imide groups is 1. The zero-order chi connectivity index (χ0) is 19.0. The summed E-state index contributed by atoms with van der Waals surface area (Å²) in [5.41, 5.74) is -0.529. The Balaban J connectivity index is 2.67. The van der Waals surface area contributed by atoms with Crippen LogP contribution in [0, 0.1) is 10.1 Å². The van der Waals surface area contributed by atoms with Crippen LogP contribution in [-0.4, -0.2) is 42.6 Å². The summed E-state index contributed by atoms with van der Waals surface area (Å²) in [6.45, 7) is 2.90. The van der Waals surface area contributed by atoms with E-state index >= 15 is 0 Å². The van der Waals surface area contributed by atoms with Crippen molar-refractivity contribution >= 4 is 23.6 Å². The Kier molecular flexibility index (Phi) is 7.32. The Hall–Kier alpha value is -3.17. The number of nitrogens with one attached hydrogen (secondary N) is 2. The lowest BCUT2D eigenvalue weighted by Crippen LogP contribution is -2.44. The molecule has 0 aliphatic carbocycles. The van der Waals surface area contributed by atoms with Crippen molar-refractivity contribution in [1.29, 1.82) is 0 Å².